The molecule has 2 aliphatic rings. The summed E-state index contributed by atoms with van der Waals surface area (Å²) in [6.45, 7) is 2.54. The monoisotopic (exact) mass is 272 g/mol. The Balaban J connectivity index is 1.62. The zero-order valence-electron chi connectivity index (χ0n) is 11.3. The second kappa shape index (κ2) is 4.96. The van der Waals surface area contributed by atoms with Gasteiger partial charge in [0.2, 0.25) is 0 Å². The Morgan fingerprint density at radius 1 is 1.20 bits per heavy atom. The average Bonchev–Trinajstić information content (AvgIpc) is 2.97. The summed E-state index contributed by atoms with van der Waals surface area (Å²) in [6, 6.07) is 6.93. The van der Waals surface area contributed by atoms with E-state index in [1.807, 2.05) is 11.9 Å². The van der Waals surface area contributed by atoms with Crippen molar-refractivity contribution in [1.82, 2.24) is 15.1 Å². The van der Waals surface area contributed by atoms with Gasteiger partial charge in [-0.05, 0) is 12.1 Å². The molecule has 0 saturated carbocycles. The summed E-state index contributed by atoms with van der Waals surface area (Å²) < 4.78 is 0. The molecular weight excluding hydrogens is 256 g/mol. The van der Waals surface area contributed by atoms with Gasteiger partial charge in [0.15, 0.2) is 5.96 Å². The summed E-state index contributed by atoms with van der Waals surface area (Å²) in [5.41, 5.74) is 0.987. The Labute approximate surface area is 117 Å². The van der Waals surface area contributed by atoms with Crippen molar-refractivity contribution in [3.63, 3.8) is 0 Å². The zero-order chi connectivity index (χ0) is 14.1. The number of aliphatic imine (C=N–C) groups is 1. The van der Waals surface area contributed by atoms with Crippen LogP contribution in [0.3, 0.4) is 0 Å². The molecule has 104 valence electrons. The molecule has 0 spiro atoms. The third-order valence-electron chi connectivity index (χ3n) is 3.56. The molecule has 20 heavy (non-hydrogen) atoms. The summed E-state index contributed by atoms with van der Waals surface area (Å²) in [4.78, 5) is 31.9. The van der Waals surface area contributed by atoms with Gasteiger partial charge in [0.05, 0.1) is 17.7 Å². The van der Waals surface area contributed by atoms with Crippen molar-refractivity contribution < 1.29 is 9.59 Å². The van der Waals surface area contributed by atoms with Crippen LogP contribution in [0.1, 0.15) is 20.7 Å². The van der Waals surface area contributed by atoms with Gasteiger partial charge < -0.3 is 10.2 Å². The van der Waals surface area contributed by atoms with E-state index in [2.05, 4.69) is 10.3 Å². The molecule has 3 rings (SSSR count). The van der Waals surface area contributed by atoms with Crippen LogP contribution in [0.15, 0.2) is 29.3 Å². The van der Waals surface area contributed by atoms with Crippen molar-refractivity contribution >= 4 is 17.8 Å². The minimum atomic E-state index is -0.214. The summed E-state index contributed by atoms with van der Waals surface area (Å²) in [5, 5.41) is 3.16. The predicted octanol–water partition coefficient (Wildman–Crippen LogP) is 0.174. The second-order valence-corrected chi connectivity index (χ2v) is 4.86. The normalized spacial score (nSPS) is 17.6. The Morgan fingerprint density at radius 3 is 2.40 bits per heavy atom. The van der Waals surface area contributed by atoms with Crippen LogP contribution < -0.4 is 5.32 Å². The topological polar surface area (TPSA) is 65.0 Å². The Bertz CT molecular complexity index is 562. The summed E-state index contributed by atoms with van der Waals surface area (Å²) in [5.74, 6) is 0.393. The molecule has 6 nitrogen and oxygen atoms in total. The first-order valence-corrected chi connectivity index (χ1v) is 6.63. The van der Waals surface area contributed by atoms with Crippen molar-refractivity contribution in [2.75, 3.05) is 33.2 Å². The zero-order valence-corrected chi connectivity index (χ0v) is 11.3. The highest BCUT2D eigenvalue weighted by Crippen LogP contribution is 2.21. The number of guanidine groups is 1. The van der Waals surface area contributed by atoms with E-state index in [0.717, 1.165) is 19.0 Å². The van der Waals surface area contributed by atoms with E-state index in [-0.39, 0.29) is 11.8 Å². The van der Waals surface area contributed by atoms with Gasteiger partial charge in [-0.3, -0.25) is 19.5 Å². The highest BCUT2D eigenvalue weighted by molar-refractivity contribution is 6.21. The van der Waals surface area contributed by atoms with Gasteiger partial charge >= 0.3 is 0 Å². The number of carbonyl (C=O) groups is 2. The van der Waals surface area contributed by atoms with Crippen molar-refractivity contribution in [3.8, 4) is 0 Å². The van der Waals surface area contributed by atoms with Crippen molar-refractivity contribution in [2.24, 2.45) is 4.99 Å². The van der Waals surface area contributed by atoms with E-state index >= 15 is 0 Å². The number of amides is 2. The number of hydrogen-bond acceptors (Lipinski definition) is 5. The highest BCUT2D eigenvalue weighted by atomic mass is 16.2. The molecule has 1 aromatic carbocycles. The molecular formula is C14H16N4O2. The van der Waals surface area contributed by atoms with Crippen LogP contribution in [0.2, 0.25) is 0 Å². The Hall–Kier alpha value is -2.37. The lowest BCUT2D eigenvalue weighted by atomic mass is 10.1. The lowest BCUT2D eigenvalue weighted by Crippen LogP contribution is -2.41. The van der Waals surface area contributed by atoms with E-state index in [1.165, 1.54) is 4.90 Å². The van der Waals surface area contributed by atoms with Crippen LogP contribution in [-0.4, -0.2) is 60.8 Å². The molecule has 0 atom stereocenters. The van der Waals surface area contributed by atoms with Gasteiger partial charge in [-0.15, -0.1) is 0 Å². The number of hydrogen-bond donors (Lipinski definition) is 1. The predicted molar refractivity (Wildman–Crippen MR) is 74.7 cm³/mol. The molecule has 6 heteroatoms. The number of carbonyl (C=O) groups excluding carboxylic acids is 2. The molecule has 0 saturated heterocycles. The van der Waals surface area contributed by atoms with Crippen molar-refractivity contribution in [3.05, 3.63) is 35.4 Å². The van der Waals surface area contributed by atoms with Gasteiger partial charge in [0.1, 0.15) is 0 Å². The molecule has 0 aromatic heterocycles. The summed E-state index contributed by atoms with van der Waals surface area (Å²) in [7, 11) is 1.96. The minimum Gasteiger partial charge on any atom is -0.354 e. The quantitative estimate of drug-likeness (QED) is 0.797. The maximum absolute atomic E-state index is 12.1. The van der Waals surface area contributed by atoms with Crippen molar-refractivity contribution in [2.45, 2.75) is 0 Å². The smallest absolute Gasteiger partial charge is 0.261 e. The van der Waals surface area contributed by atoms with E-state index < -0.39 is 0 Å². The molecule has 1 N–H and O–H groups in total. The number of nitrogens with zero attached hydrogens (tertiary/aromatic N) is 3. The van der Waals surface area contributed by atoms with E-state index in [0.29, 0.717) is 24.2 Å². The standard InChI is InChI=1S/C14H16N4O2/c1-17-8-6-15-14(17)16-7-9-18-12(19)10-4-2-3-5-11(10)13(18)20/h2-5H,6-9H2,1H3,(H,15,16). The number of fused-ring (bicyclic) bond motifs is 1. The van der Waals surface area contributed by atoms with Crippen LogP contribution in [-0.2, 0) is 0 Å². The molecule has 0 aliphatic carbocycles. The SMILES string of the molecule is CN1CCN=C1NCCN1C(=O)c2ccccc2C1=O. The number of nitrogens with one attached hydrogen (secondary N) is 1. The van der Waals surface area contributed by atoms with E-state index in [1.54, 1.807) is 24.3 Å². The van der Waals surface area contributed by atoms with Crippen LogP contribution in [0.5, 0.6) is 0 Å². The third-order valence-corrected chi connectivity index (χ3v) is 3.56. The van der Waals surface area contributed by atoms with E-state index in [9.17, 15) is 9.59 Å². The molecule has 0 unspecified atom stereocenters. The van der Waals surface area contributed by atoms with Crippen LogP contribution in [0.25, 0.3) is 0 Å². The maximum Gasteiger partial charge on any atom is 0.261 e. The van der Waals surface area contributed by atoms with Gasteiger partial charge in [0.25, 0.3) is 11.8 Å². The van der Waals surface area contributed by atoms with Gasteiger partial charge in [-0.2, -0.15) is 0 Å². The first-order chi connectivity index (χ1) is 9.68. The average molecular weight is 272 g/mol. The molecule has 0 fully saturated rings. The fraction of sp³-hybridized carbons (Fsp3) is 0.357. The molecule has 1 aromatic rings. The summed E-state index contributed by atoms with van der Waals surface area (Å²) >= 11 is 0. The summed E-state index contributed by atoms with van der Waals surface area (Å²) in [6.07, 6.45) is 0. The molecule has 0 radical (unpaired) electrons. The third kappa shape index (κ3) is 2.03. The molecule has 2 aliphatic heterocycles. The lowest BCUT2D eigenvalue weighted by molar-refractivity contribution is 0.0657. The first-order valence-electron chi connectivity index (χ1n) is 6.63. The maximum atomic E-state index is 12.1. The number of rotatable bonds is 3. The molecule has 2 heterocycles. The van der Waals surface area contributed by atoms with Crippen molar-refractivity contribution in [1.29, 1.82) is 0 Å². The molecule has 0 bridgehead atoms. The fourth-order valence-electron chi connectivity index (χ4n) is 2.45. The largest absolute Gasteiger partial charge is 0.354 e. The minimum absolute atomic E-state index is 0.214. The van der Waals surface area contributed by atoms with Gasteiger partial charge in [-0.1, -0.05) is 12.1 Å². The fourth-order valence-corrected chi connectivity index (χ4v) is 2.45. The van der Waals surface area contributed by atoms with Crippen LogP contribution in [0.4, 0.5) is 0 Å². The highest BCUT2D eigenvalue weighted by Gasteiger charge is 2.34. The number of likely N-dealkylation sites (N-methyl/N-ethyl adjacent to an activating group) is 1. The Morgan fingerprint density at radius 2 is 1.85 bits per heavy atom. The van der Waals surface area contributed by atoms with E-state index in [4.69, 9.17) is 0 Å². The van der Waals surface area contributed by atoms with Crippen LogP contribution in [0, 0.1) is 0 Å². The lowest BCUT2D eigenvalue weighted by Gasteiger charge is -2.18. The number of benzene rings is 1. The Kier molecular flexibility index (Phi) is 3.14. The van der Waals surface area contributed by atoms with Gasteiger partial charge in [0, 0.05) is 26.7 Å². The molecule has 2 amide bonds. The van der Waals surface area contributed by atoms with Crippen LogP contribution >= 0.6 is 0 Å². The second-order valence-electron chi connectivity index (χ2n) is 4.86. The first kappa shape index (κ1) is 12.7. The number of imide groups is 1. The van der Waals surface area contributed by atoms with Gasteiger partial charge in [-0.25, -0.2) is 0 Å².